The SMILES string of the molecule is CNC(=O)/C=C/CC[C@H](NC(=O)OC)C(=O)Nc1cccn(Cc2nc3cc(F)cc(OCc4ccc(F)cc4F)c3s2)c1=O. The number of halogens is 3. The molecule has 0 aliphatic heterocycles. The molecule has 0 saturated carbocycles. The second-order valence-electron chi connectivity index (χ2n) is 9.51. The number of ether oxygens (including phenoxy) is 2. The highest BCUT2D eigenvalue weighted by atomic mass is 32.1. The van der Waals surface area contributed by atoms with Gasteiger partial charge in [0.15, 0.2) is 0 Å². The van der Waals surface area contributed by atoms with Crippen molar-refractivity contribution < 1.29 is 37.0 Å². The number of aromatic nitrogens is 2. The molecule has 0 radical (unpaired) electrons. The number of hydrogen-bond donors (Lipinski definition) is 3. The van der Waals surface area contributed by atoms with Crippen LogP contribution in [0, 0.1) is 17.5 Å². The average molecular weight is 644 g/mol. The van der Waals surface area contributed by atoms with E-state index in [0.29, 0.717) is 9.71 Å². The fourth-order valence-electron chi connectivity index (χ4n) is 4.11. The number of alkyl carbamates (subject to hydrolysis) is 1. The van der Waals surface area contributed by atoms with Gasteiger partial charge in [-0.3, -0.25) is 14.4 Å². The van der Waals surface area contributed by atoms with Crippen molar-refractivity contribution in [3.8, 4) is 5.75 Å². The molecule has 2 heterocycles. The smallest absolute Gasteiger partial charge is 0.407 e. The molecule has 4 aromatic rings. The summed E-state index contributed by atoms with van der Waals surface area (Å²) in [6.07, 6.45) is 3.82. The van der Waals surface area contributed by atoms with Crippen LogP contribution >= 0.6 is 11.3 Å². The van der Waals surface area contributed by atoms with Crippen molar-refractivity contribution in [2.24, 2.45) is 0 Å². The number of thiazole rings is 1. The predicted octanol–water partition coefficient (Wildman–Crippen LogP) is 4.25. The number of benzene rings is 2. The molecule has 0 aliphatic rings. The quantitative estimate of drug-likeness (QED) is 0.196. The molecule has 3 amide bonds. The summed E-state index contributed by atoms with van der Waals surface area (Å²) in [5.74, 6) is -3.10. The summed E-state index contributed by atoms with van der Waals surface area (Å²) in [7, 11) is 2.61. The monoisotopic (exact) mass is 643 g/mol. The van der Waals surface area contributed by atoms with E-state index in [1.54, 1.807) is 0 Å². The number of carbonyl (C=O) groups excluding carboxylic acids is 3. The summed E-state index contributed by atoms with van der Waals surface area (Å²) < 4.78 is 53.6. The molecule has 0 unspecified atom stereocenters. The summed E-state index contributed by atoms with van der Waals surface area (Å²) >= 11 is 1.13. The summed E-state index contributed by atoms with van der Waals surface area (Å²) in [6.45, 7) is -0.320. The maximum absolute atomic E-state index is 14.4. The van der Waals surface area contributed by atoms with E-state index in [1.807, 2.05) is 0 Å². The lowest BCUT2D eigenvalue weighted by molar-refractivity contribution is -0.118. The highest BCUT2D eigenvalue weighted by Crippen LogP contribution is 2.33. The number of pyridine rings is 1. The molecule has 45 heavy (non-hydrogen) atoms. The van der Waals surface area contributed by atoms with Crippen LogP contribution in [0.3, 0.4) is 0 Å². The van der Waals surface area contributed by atoms with Gasteiger partial charge in [0.25, 0.3) is 5.56 Å². The van der Waals surface area contributed by atoms with E-state index in [-0.39, 0.29) is 54.4 Å². The third-order valence-corrected chi connectivity index (χ3v) is 7.45. The van der Waals surface area contributed by atoms with Crippen LogP contribution in [0.1, 0.15) is 23.4 Å². The van der Waals surface area contributed by atoms with Gasteiger partial charge >= 0.3 is 6.09 Å². The molecule has 4 rings (SSSR count). The van der Waals surface area contributed by atoms with Crippen molar-refractivity contribution in [1.82, 2.24) is 20.2 Å². The first-order chi connectivity index (χ1) is 21.6. The number of hydrogen-bond acceptors (Lipinski definition) is 8. The minimum Gasteiger partial charge on any atom is -0.487 e. The Kier molecular flexibility index (Phi) is 10.9. The molecule has 236 valence electrons. The van der Waals surface area contributed by atoms with Gasteiger partial charge in [-0.25, -0.2) is 22.9 Å². The van der Waals surface area contributed by atoms with Crippen LogP contribution in [0.4, 0.5) is 23.7 Å². The highest BCUT2D eigenvalue weighted by Gasteiger charge is 2.22. The molecule has 0 aliphatic carbocycles. The maximum Gasteiger partial charge on any atom is 0.407 e. The first-order valence-corrected chi connectivity index (χ1v) is 14.3. The molecule has 0 fully saturated rings. The fraction of sp³-hybridized carbons (Fsp3) is 0.233. The van der Waals surface area contributed by atoms with Gasteiger partial charge in [0.05, 0.1) is 23.9 Å². The van der Waals surface area contributed by atoms with Gasteiger partial charge in [-0.1, -0.05) is 6.08 Å². The normalized spacial score (nSPS) is 11.8. The standard InChI is InChI=1S/C30H28F3N5O6S/c1-34-25(39)8-4-3-6-21(37-30(42)43-2)28(40)36-22-7-5-11-38(29(22)41)15-26-35-23-13-19(32)14-24(27(23)45-26)44-16-17-9-10-18(31)12-20(17)33/h4-5,7-14,21H,3,6,15-16H2,1-2H3,(H,34,39)(H,36,40)(H,37,42)/b8-4+/t21-/m0/s1. The lowest BCUT2D eigenvalue weighted by atomic mass is 10.1. The number of nitrogens with one attached hydrogen (secondary N) is 3. The molecule has 0 saturated heterocycles. The van der Waals surface area contributed by atoms with Crippen LogP contribution in [-0.2, 0) is 27.5 Å². The lowest BCUT2D eigenvalue weighted by Gasteiger charge is -2.17. The second kappa shape index (κ2) is 15.0. The van der Waals surface area contributed by atoms with Crippen molar-refractivity contribution in [3.05, 3.63) is 99.2 Å². The minimum absolute atomic E-state index is 0.0380. The zero-order valence-corrected chi connectivity index (χ0v) is 24.9. The molecular formula is C30H28F3N5O6S. The van der Waals surface area contributed by atoms with Crippen LogP contribution in [-0.4, -0.2) is 47.7 Å². The summed E-state index contributed by atoms with van der Waals surface area (Å²) in [5, 5.41) is 7.77. The topological polar surface area (TPSA) is 141 Å². The Morgan fingerprint density at radius 3 is 2.64 bits per heavy atom. The molecular weight excluding hydrogens is 615 g/mol. The van der Waals surface area contributed by atoms with E-state index < -0.39 is 41.1 Å². The van der Waals surface area contributed by atoms with Crippen LogP contribution in [0.5, 0.6) is 5.75 Å². The molecule has 0 bridgehead atoms. The minimum atomic E-state index is -1.08. The number of fused-ring (bicyclic) bond motifs is 1. The van der Waals surface area contributed by atoms with Crippen molar-refractivity contribution in [1.29, 1.82) is 0 Å². The van der Waals surface area contributed by atoms with Crippen LogP contribution in [0.25, 0.3) is 10.2 Å². The summed E-state index contributed by atoms with van der Waals surface area (Å²) in [5.41, 5.74) is -0.314. The average Bonchev–Trinajstić information content (AvgIpc) is 3.41. The molecule has 2 aromatic heterocycles. The fourth-order valence-corrected chi connectivity index (χ4v) is 5.12. The zero-order chi connectivity index (χ0) is 32.5. The van der Waals surface area contributed by atoms with E-state index in [0.717, 1.165) is 36.6 Å². The van der Waals surface area contributed by atoms with Crippen LogP contribution < -0.4 is 26.2 Å². The van der Waals surface area contributed by atoms with E-state index in [2.05, 4.69) is 25.7 Å². The second-order valence-corrected chi connectivity index (χ2v) is 10.6. The van der Waals surface area contributed by atoms with Crippen molar-refractivity contribution >= 4 is 45.1 Å². The largest absolute Gasteiger partial charge is 0.487 e. The molecule has 15 heteroatoms. The Labute approximate surface area is 258 Å². The number of nitrogens with zero attached hydrogens (tertiary/aromatic N) is 2. The van der Waals surface area contributed by atoms with E-state index in [9.17, 15) is 32.3 Å². The molecule has 0 spiro atoms. The number of rotatable bonds is 12. The van der Waals surface area contributed by atoms with Crippen molar-refractivity contribution in [3.63, 3.8) is 0 Å². The van der Waals surface area contributed by atoms with Crippen molar-refractivity contribution in [2.75, 3.05) is 19.5 Å². The van der Waals surface area contributed by atoms with Gasteiger partial charge in [-0.15, -0.1) is 11.3 Å². The Morgan fingerprint density at radius 2 is 1.91 bits per heavy atom. The number of anilines is 1. The third-order valence-electron chi connectivity index (χ3n) is 6.38. The summed E-state index contributed by atoms with van der Waals surface area (Å²) in [4.78, 5) is 53.9. The van der Waals surface area contributed by atoms with Gasteiger partial charge in [0.1, 0.15) is 46.5 Å². The predicted molar refractivity (Wildman–Crippen MR) is 160 cm³/mol. The zero-order valence-electron chi connectivity index (χ0n) is 24.1. The summed E-state index contributed by atoms with van der Waals surface area (Å²) in [6, 6.07) is 7.21. The first-order valence-electron chi connectivity index (χ1n) is 13.5. The van der Waals surface area contributed by atoms with Gasteiger partial charge < -0.3 is 30.0 Å². The van der Waals surface area contributed by atoms with Crippen molar-refractivity contribution in [2.45, 2.75) is 32.0 Å². The van der Waals surface area contributed by atoms with E-state index >= 15 is 0 Å². The van der Waals surface area contributed by atoms with Gasteiger partial charge in [-0.05, 0) is 43.2 Å². The number of methoxy groups -OCH3 is 1. The third kappa shape index (κ3) is 8.69. The molecule has 2 aromatic carbocycles. The number of allylic oxidation sites excluding steroid dienone is 1. The van der Waals surface area contributed by atoms with Crippen LogP contribution in [0.15, 0.2) is 65.6 Å². The van der Waals surface area contributed by atoms with E-state index in [4.69, 9.17) is 4.74 Å². The Bertz CT molecular complexity index is 1810. The number of carbonyl (C=O) groups is 3. The number of likely N-dealkylation sites (N-methyl/N-ethyl adjacent to an activating group) is 1. The number of amides is 3. The Hall–Kier alpha value is -5.18. The Balaban J connectivity index is 1.50. The molecule has 3 N–H and O–H groups in total. The van der Waals surface area contributed by atoms with Crippen LogP contribution in [0.2, 0.25) is 0 Å². The van der Waals surface area contributed by atoms with Gasteiger partial charge in [0, 0.05) is 37.0 Å². The van der Waals surface area contributed by atoms with Gasteiger partial charge in [-0.2, -0.15) is 0 Å². The highest BCUT2D eigenvalue weighted by molar-refractivity contribution is 7.19. The first kappa shape index (κ1) is 32.7. The van der Waals surface area contributed by atoms with E-state index in [1.165, 1.54) is 54.2 Å². The van der Waals surface area contributed by atoms with Gasteiger partial charge in [0.2, 0.25) is 11.8 Å². The maximum atomic E-state index is 14.4. The molecule has 1 atom stereocenters. The lowest BCUT2D eigenvalue weighted by Crippen LogP contribution is -2.44. The molecule has 11 nitrogen and oxygen atoms in total. The Morgan fingerprint density at radius 1 is 1.11 bits per heavy atom.